The minimum absolute atomic E-state index is 0.104. The quantitative estimate of drug-likeness (QED) is 0.234. The molecule has 0 radical (unpaired) electrons. The molecule has 1 nitrogen and oxygen atoms in total. The Morgan fingerprint density at radius 2 is 1.47 bits per heavy atom. The molecule has 1 aliphatic carbocycles. The van der Waals surface area contributed by atoms with Gasteiger partial charge in [-0.15, -0.1) is 0 Å². The molecule has 0 aromatic heterocycles. The first-order valence-electron chi connectivity index (χ1n) is 9.56. The summed E-state index contributed by atoms with van der Waals surface area (Å²) in [7, 11) is -10.7. The van der Waals surface area contributed by atoms with Gasteiger partial charge in [0, 0.05) is 38.0 Å². The van der Waals surface area contributed by atoms with E-state index in [0.29, 0.717) is 0 Å². The summed E-state index contributed by atoms with van der Waals surface area (Å²) in [4.78, 5) is 0. The fourth-order valence-electron chi connectivity index (χ4n) is 4.17. The Morgan fingerprint density at radius 3 is 2.03 bits per heavy atom. The van der Waals surface area contributed by atoms with E-state index in [4.69, 9.17) is 0 Å². The molecule has 0 N–H and O–H groups in total. The number of halogens is 6. The SMILES string of the molecule is C=C1c2cccc3c2C(=[N+](c2ccc(C)cc2)C1(C)C)CCC3.F[P-](F)(F)(F)(F)F. The van der Waals surface area contributed by atoms with Gasteiger partial charge in [0.05, 0.1) is 5.56 Å². The number of rotatable bonds is 1. The van der Waals surface area contributed by atoms with Gasteiger partial charge in [0.25, 0.3) is 0 Å². The molecule has 8 heteroatoms. The first kappa shape index (κ1) is 22.5. The molecule has 2 aliphatic rings. The van der Waals surface area contributed by atoms with Crippen molar-refractivity contribution in [2.24, 2.45) is 0 Å². The molecule has 2 aromatic carbocycles. The van der Waals surface area contributed by atoms with Crippen molar-refractivity contribution in [3.8, 4) is 0 Å². The summed E-state index contributed by atoms with van der Waals surface area (Å²) < 4.78 is 61.7. The number of hydrogen-bond acceptors (Lipinski definition) is 0. The van der Waals surface area contributed by atoms with E-state index >= 15 is 0 Å². The Morgan fingerprint density at radius 1 is 0.900 bits per heavy atom. The van der Waals surface area contributed by atoms with Crippen LogP contribution in [0.1, 0.15) is 48.9 Å². The van der Waals surface area contributed by atoms with Gasteiger partial charge in [-0.25, -0.2) is 0 Å². The van der Waals surface area contributed by atoms with E-state index in [1.54, 1.807) is 0 Å². The third-order valence-electron chi connectivity index (χ3n) is 5.48. The van der Waals surface area contributed by atoms with Gasteiger partial charge >= 0.3 is 33.0 Å². The van der Waals surface area contributed by atoms with E-state index in [1.807, 2.05) is 0 Å². The second-order valence-electron chi connectivity index (χ2n) is 8.31. The summed E-state index contributed by atoms with van der Waals surface area (Å²) in [6, 6.07) is 15.6. The molecule has 0 spiro atoms. The number of benzene rings is 2. The Balaban J connectivity index is 0.000000318. The molecule has 164 valence electrons. The van der Waals surface area contributed by atoms with Crippen molar-refractivity contribution in [1.82, 2.24) is 0 Å². The average Bonchev–Trinajstić information content (AvgIpc) is 2.59. The van der Waals surface area contributed by atoms with E-state index < -0.39 is 7.81 Å². The van der Waals surface area contributed by atoms with E-state index in [1.165, 1.54) is 52.1 Å². The van der Waals surface area contributed by atoms with Crippen molar-refractivity contribution in [1.29, 1.82) is 0 Å². The predicted octanol–water partition coefficient (Wildman–Crippen LogP) is 8.65. The Labute approximate surface area is 172 Å². The second kappa shape index (κ2) is 6.43. The van der Waals surface area contributed by atoms with Crippen LogP contribution in [0, 0.1) is 6.92 Å². The predicted molar refractivity (Wildman–Crippen MR) is 111 cm³/mol. The molecule has 2 aromatic rings. The van der Waals surface area contributed by atoms with Crippen LogP contribution in [0.15, 0.2) is 49.0 Å². The maximum absolute atomic E-state index is 10.7. The van der Waals surface area contributed by atoms with E-state index in [2.05, 4.69) is 74.4 Å². The maximum atomic E-state index is 9.87. The zero-order valence-electron chi connectivity index (χ0n) is 17.0. The molecule has 0 amide bonds. The van der Waals surface area contributed by atoms with Gasteiger partial charge < -0.3 is 0 Å². The fraction of sp³-hybridized carbons (Fsp3) is 0.318. The van der Waals surface area contributed by atoms with Crippen molar-refractivity contribution in [3.05, 3.63) is 71.3 Å². The molecule has 1 aliphatic heterocycles. The molecule has 0 saturated heterocycles. The first-order valence-corrected chi connectivity index (χ1v) is 11.6. The van der Waals surface area contributed by atoms with E-state index in [0.717, 1.165) is 6.42 Å². The molecular formula is C22H24F6NP. The summed E-state index contributed by atoms with van der Waals surface area (Å²) in [5.41, 5.74) is 9.46. The van der Waals surface area contributed by atoms with Crippen LogP contribution in [0.2, 0.25) is 0 Å². The van der Waals surface area contributed by atoms with Crippen LogP contribution >= 0.6 is 7.81 Å². The topological polar surface area (TPSA) is 3.01 Å². The fourth-order valence-corrected chi connectivity index (χ4v) is 4.17. The summed E-state index contributed by atoms with van der Waals surface area (Å²) in [5.74, 6) is 0. The van der Waals surface area contributed by atoms with Crippen LogP contribution in [0.5, 0.6) is 0 Å². The molecule has 0 unspecified atom stereocenters. The molecule has 30 heavy (non-hydrogen) atoms. The molecule has 0 saturated carbocycles. The van der Waals surface area contributed by atoms with Crippen LogP contribution < -0.4 is 0 Å². The van der Waals surface area contributed by atoms with Gasteiger partial charge in [-0.2, -0.15) is 4.58 Å². The average molecular weight is 447 g/mol. The standard InChI is InChI=1S/C22H24N.F6P/c1-15-11-13-18(14-12-15)23-20-10-6-8-17-7-5-9-19(21(17)20)16(2)22(23,3)4;1-7(2,3,4,5)6/h5,7,9,11-14H,2,6,8,10H2,1,3-4H3;/q+1;-1. The number of nitrogens with zero attached hydrogens (tertiary/aromatic N) is 1. The Bertz CT molecular complexity index is 1040. The first-order chi connectivity index (χ1) is 13.4. The Hall–Kier alpha value is -2.14. The molecule has 0 bridgehead atoms. The van der Waals surface area contributed by atoms with E-state index in [9.17, 15) is 25.2 Å². The van der Waals surface area contributed by atoms with Gasteiger partial charge in [0.15, 0.2) is 11.3 Å². The monoisotopic (exact) mass is 447 g/mol. The number of aryl methyl sites for hydroxylation is 2. The second-order valence-corrected chi connectivity index (χ2v) is 10.2. The van der Waals surface area contributed by atoms with Crippen molar-refractivity contribution in [2.75, 3.05) is 0 Å². The third kappa shape index (κ3) is 5.12. The molecular weight excluding hydrogens is 423 g/mol. The van der Waals surface area contributed by atoms with Gasteiger partial charge in [-0.1, -0.05) is 42.5 Å². The molecule has 4 rings (SSSR count). The molecule has 0 atom stereocenters. The summed E-state index contributed by atoms with van der Waals surface area (Å²) in [5, 5.41) is 0. The minimum atomic E-state index is -10.7. The van der Waals surface area contributed by atoms with Crippen LogP contribution in [0.3, 0.4) is 0 Å². The van der Waals surface area contributed by atoms with Crippen LogP contribution in [-0.2, 0) is 6.42 Å². The van der Waals surface area contributed by atoms with Crippen LogP contribution in [0.25, 0.3) is 5.57 Å². The van der Waals surface area contributed by atoms with Gasteiger partial charge in [-0.3, -0.25) is 0 Å². The third-order valence-corrected chi connectivity index (χ3v) is 5.48. The number of hydrogen-bond donors (Lipinski definition) is 0. The van der Waals surface area contributed by atoms with Gasteiger partial charge in [0.2, 0.25) is 5.69 Å². The zero-order valence-corrected chi connectivity index (χ0v) is 17.9. The Kier molecular flexibility index (Phi) is 4.83. The van der Waals surface area contributed by atoms with Crippen LogP contribution in [-0.4, -0.2) is 15.8 Å². The normalized spacial score (nSPS) is 19.8. The van der Waals surface area contributed by atoms with Gasteiger partial charge in [-0.05, 0) is 30.9 Å². The van der Waals surface area contributed by atoms with Gasteiger partial charge in [0.1, 0.15) is 0 Å². The van der Waals surface area contributed by atoms with Crippen molar-refractivity contribution < 1.29 is 29.8 Å². The van der Waals surface area contributed by atoms with Crippen LogP contribution in [0.4, 0.5) is 30.9 Å². The summed E-state index contributed by atoms with van der Waals surface area (Å²) in [6.45, 7) is 11.2. The van der Waals surface area contributed by atoms with Crippen molar-refractivity contribution >= 4 is 24.8 Å². The molecule has 0 fully saturated rings. The van der Waals surface area contributed by atoms with E-state index in [-0.39, 0.29) is 5.54 Å². The van der Waals surface area contributed by atoms with Crippen molar-refractivity contribution in [3.63, 3.8) is 0 Å². The summed E-state index contributed by atoms with van der Waals surface area (Å²) >= 11 is 0. The zero-order chi connectivity index (χ0) is 22.6. The van der Waals surface area contributed by atoms with Crippen molar-refractivity contribution in [2.45, 2.75) is 45.6 Å². The molecule has 1 heterocycles. The summed E-state index contributed by atoms with van der Waals surface area (Å²) in [6.07, 6.45) is 3.56.